The van der Waals surface area contributed by atoms with Crippen molar-refractivity contribution in [2.45, 2.75) is 19.8 Å². The maximum absolute atomic E-state index is 11.6. The summed E-state index contributed by atoms with van der Waals surface area (Å²) in [5.41, 5.74) is 0.489. The molecule has 0 unspecified atom stereocenters. The fraction of sp³-hybridized carbons (Fsp3) is 0.214. The zero-order chi connectivity index (χ0) is 15.6. The maximum Gasteiger partial charge on any atom is 0.339 e. The van der Waals surface area contributed by atoms with Crippen LogP contribution in [-0.2, 0) is 0 Å². The molecule has 0 bridgehead atoms. The van der Waals surface area contributed by atoms with Crippen molar-refractivity contribution in [3.05, 3.63) is 45.9 Å². The molecule has 0 saturated carbocycles. The minimum absolute atomic E-state index is 0.0854. The topological polar surface area (TPSA) is 115 Å². The number of hydrogen-bond acceptors (Lipinski definition) is 5. The van der Waals surface area contributed by atoms with E-state index in [1.165, 1.54) is 24.3 Å². The van der Waals surface area contributed by atoms with E-state index in [9.17, 15) is 14.7 Å². The lowest BCUT2D eigenvalue weighted by atomic mass is 10.1. The van der Waals surface area contributed by atoms with Gasteiger partial charge in [-0.15, -0.1) is 0 Å². The van der Waals surface area contributed by atoms with Gasteiger partial charge in [0.15, 0.2) is 0 Å². The molecule has 0 fully saturated rings. The first-order valence-corrected chi connectivity index (χ1v) is 6.31. The van der Waals surface area contributed by atoms with Crippen LogP contribution in [0.15, 0.2) is 29.1 Å². The van der Waals surface area contributed by atoms with Gasteiger partial charge in [0.1, 0.15) is 11.3 Å². The highest BCUT2D eigenvalue weighted by Crippen LogP contribution is 2.23. The SMILES string of the molecule is CC(C)c1cc(=O)[nH]c(Nc2ccc(O)c(C(=O)O)c2)n1. The summed E-state index contributed by atoms with van der Waals surface area (Å²) >= 11 is 0. The number of carboxylic acids is 1. The van der Waals surface area contributed by atoms with Gasteiger partial charge in [0.25, 0.3) is 5.56 Å². The van der Waals surface area contributed by atoms with E-state index in [0.29, 0.717) is 11.4 Å². The monoisotopic (exact) mass is 289 g/mol. The number of aromatic carboxylic acids is 1. The van der Waals surface area contributed by atoms with E-state index in [2.05, 4.69) is 15.3 Å². The third kappa shape index (κ3) is 3.38. The molecular formula is C14H15N3O4. The van der Waals surface area contributed by atoms with Crippen molar-refractivity contribution in [1.29, 1.82) is 0 Å². The molecule has 7 nitrogen and oxygen atoms in total. The fourth-order valence-corrected chi connectivity index (χ4v) is 1.75. The number of nitrogens with one attached hydrogen (secondary N) is 2. The van der Waals surface area contributed by atoms with Crippen molar-refractivity contribution in [2.75, 3.05) is 5.32 Å². The van der Waals surface area contributed by atoms with Gasteiger partial charge >= 0.3 is 5.97 Å². The van der Waals surface area contributed by atoms with Gasteiger partial charge in [0.2, 0.25) is 5.95 Å². The van der Waals surface area contributed by atoms with Gasteiger partial charge in [0, 0.05) is 11.8 Å². The number of aromatic nitrogens is 2. The first kappa shape index (κ1) is 14.6. The van der Waals surface area contributed by atoms with Crippen LogP contribution in [0.1, 0.15) is 35.8 Å². The van der Waals surface area contributed by atoms with Gasteiger partial charge in [-0.05, 0) is 24.1 Å². The Hall–Kier alpha value is -2.83. The molecule has 1 heterocycles. The molecule has 2 aromatic rings. The van der Waals surface area contributed by atoms with Gasteiger partial charge in [0.05, 0.1) is 5.69 Å². The number of carboxylic acid groups (broad SMARTS) is 1. The Bertz CT molecular complexity index is 737. The van der Waals surface area contributed by atoms with Crippen LogP contribution in [-0.4, -0.2) is 26.2 Å². The smallest absolute Gasteiger partial charge is 0.339 e. The number of H-pyrrole nitrogens is 1. The van der Waals surface area contributed by atoms with E-state index in [-0.39, 0.29) is 28.7 Å². The molecule has 0 radical (unpaired) electrons. The summed E-state index contributed by atoms with van der Waals surface area (Å²) in [6, 6.07) is 5.43. The van der Waals surface area contributed by atoms with E-state index in [4.69, 9.17) is 5.11 Å². The Kier molecular flexibility index (Phi) is 3.93. The molecule has 21 heavy (non-hydrogen) atoms. The second-order valence-corrected chi connectivity index (χ2v) is 4.84. The number of benzene rings is 1. The summed E-state index contributed by atoms with van der Waals surface area (Å²) in [6.45, 7) is 3.82. The van der Waals surface area contributed by atoms with Crippen LogP contribution in [0.25, 0.3) is 0 Å². The van der Waals surface area contributed by atoms with Crippen LogP contribution < -0.4 is 10.9 Å². The number of aromatic amines is 1. The Morgan fingerprint density at radius 1 is 1.33 bits per heavy atom. The summed E-state index contributed by atoms with van der Waals surface area (Å²) in [6.07, 6.45) is 0. The summed E-state index contributed by atoms with van der Waals surface area (Å²) < 4.78 is 0. The van der Waals surface area contributed by atoms with Gasteiger partial charge in [-0.25, -0.2) is 9.78 Å². The summed E-state index contributed by atoms with van der Waals surface area (Å²) in [5.74, 6) is -1.27. The number of hydrogen-bond donors (Lipinski definition) is 4. The second kappa shape index (κ2) is 5.66. The van der Waals surface area contributed by atoms with Gasteiger partial charge in [-0.2, -0.15) is 0 Å². The fourth-order valence-electron chi connectivity index (χ4n) is 1.75. The molecule has 0 atom stereocenters. The number of rotatable bonds is 4. The zero-order valence-electron chi connectivity index (χ0n) is 11.5. The highest BCUT2D eigenvalue weighted by molar-refractivity contribution is 5.92. The molecule has 1 aromatic carbocycles. The van der Waals surface area contributed by atoms with Crippen LogP contribution in [0.5, 0.6) is 5.75 Å². The Labute approximate surface area is 120 Å². The van der Waals surface area contributed by atoms with E-state index < -0.39 is 5.97 Å². The number of phenols is 1. The van der Waals surface area contributed by atoms with Crippen LogP contribution in [0.2, 0.25) is 0 Å². The zero-order valence-corrected chi connectivity index (χ0v) is 11.5. The molecule has 0 saturated heterocycles. The van der Waals surface area contributed by atoms with Crippen molar-refractivity contribution in [1.82, 2.24) is 9.97 Å². The maximum atomic E-state index is 11.6. The van der Waals surface area contributed by atoms with Crippen molar-refractivity contribution < 1.29 is 15.0 Å². The Morgan fingerprint density at radius 2 is 2.05 bits per heavy atom. The first-order valence-electron chi connectivity index (χ1n) is 6.31. The predicted molar refractivity (Wildman–Crippen MR) is 77.3 cm³/mol. The van der Waals surface area contributed by atoms with Crippen LogP contribution in [0.3, 0.4) is 0 Å². The van der Waals surface area contributed by atoms with E-state index in [1.54, 1.807) is 0 Å². The van der Waals surface area contributed by atoms with Crippen molar-refractivity contribution in [3.63, 3.8) is 0 Å². The summed E-state index contributed by atoms with van der Waals surface area (Å²) in [4.78, 5) is 29.3. The molecule has 1 aromatic heterocycles. The van der Waals surface area contributed by atoms with Crippen molar-refractivity contribution in [3.8, 4) is 5.75 Å². The second-order valence-electron chi connectivity index (χ2n) is 4.84. The molecule has 7 heteroatoms. The summed E-state index contributed by atoms with van der Waals surface area (Å²) in [5, 5.41) is 21.2. The number of anilines is 2. The number of nitrogens with zero attached hydrogens (tertiary/aromatic N) is 1. The van der Waals surface area contributed by atoms with Crippen LogP contribution >= 0.6 is 0 Å². The molecular weight excluding hydrogens is 274 g/mol. The largest absolute Gasteiger partial charge is 0.507 e. The average Bonchev–Trinajstić information content (AvgIpc) is 2.40. The predicted octanol–water partition coefficient (Wildman–Crippen LogP) is 2.04. The third-order valence-electron chi connectivity index (χ3n) is 2.84. The first-order chi connectivity index (χ1) is 9.86. The van der Waals surface area contributed by atoms with Gasteiger partial charge < -0.3 is 15.5 Å². The van der Waals surface area contributed by atoms with E-state index in [1.807, 2.05) is 13.8 Å². The van der Waals surface area contributed by atoms with Crippen molar-refractivity contribution in [2.24, 2.45) is 0 Å². The van der Waals surface area contributed by atoms with Crippen LogP contribution in [0.4, 0.5) is 11.6 Å². The highest BCUT2D eigenvalue weighted by atomic mass is 16.4. The lowest BCUT2D eigenvalue weighted by Crippen LogP contribution is -2.13. The molecule has 110 valence electrons. The van der Waals surface area contributed by atoms with E-state index >= 15 is 0 Å². The van der Waals surface area contributed by atoms with Gasteiger partial charge in [-0.1, -0.05) is 13.8 Å². The lowest BCUT2D eigenvalue weighted by Gasteiger charge is -2.10. The summed E-state index contributed by atoms with van der Waals surface area (Å²) in [7, 11) is 0. The molecule has 0 aliphatic rings. The number of aromatic hydroxyl groups is 1. The molecule has 0 spiro atoms. The quantitative estimate of drug-likeness (QED) is 0.640. The van der Waals surface area contributed by atoms with Crippen molar-refractivity contribution >= 4 is 17.6 Å². The lowest BCUT2D eigenvalue weighted by molar-refractivity contribution is 0.0694. The molecule has 0 aliphatic heterocycles. The average molecular weight is 289 g/mol. The number of carbonyl (C=O) groups is 1. The standard InChI is InChI=1S/C14H15N3O4/c1-7(2)10-6-12(19)17-14(16-10)15-8-3-4-11(18)9(5-8)13(20)21/h3-7,18H,1-2H3,(H,20,21)(H2,15,16,17,19). The highest BCUT2D eigenvalue weighted by Gasteiger charge is 2.11. The normalized spacial score (nSPS) is 10.6. The Morgan fingerprint density at radius 3 is 2.67 bits per heavy atom. The van der Waals surface area contributed by atoms with E-state index in [0.717, 1.165) is 0 Å². The molecule has 2 rings (SSSR count). The minimum atomic E-state index is -1.24. The molecule has 0 amide bonds. The third-order valence-corrected chi connectivity index (χ3v) is 2.84. The van der Waals surface area contributed by atoms with Gasteiger partial charge in [-0.3, -0.25) is 9.78 Å². The van der Waals surface area contributed by atoms with Crippen LogP contribution in [0, 0.1) is 0 Å². The minimum Gasteiger partial charge on any atom is -0.507 e. The molecule has 0 aliphatic carbocycles. The molecule has 4 N–H and O–H groups in total. The Balaban J connectivity index is 2.36.